The summed E-state index contributed by atoms with van der Waals surface area (Å²) in [6.45, 7) is 3.25. The van der Waals surface area contributed by atoms with E-state index in [1.165, 1.54) is 12.3 Å². The van der Waals surface area contributed by atoms with Gasteiger partial charge >= 0.3 is 5.97 Å². The summed E-state index contributed by atoms with van der Waals surface area (Å²) < 4.78 is 61.4. The van der Waals surface area contributed by atoms with Crippen LogP contribution in [-0.4, -0.2) is 38.2 Å². The minimum absolute atomic E-state index is 0.0469. The summed E-state index contributed by atoms with van der Waals surface area (Å²) in [6.07, 6.45) is 0.231. The predicted molar refractivity (Wildman–Crippen MR) is 133 cm³/mol. The van der Waals surface area contributed by atoms with E-state index in [4.69, 9.17) is 25.9 Å². The van der Waals surface area contributed by atoms with E-state index in [-0.39, 0.29) is 35.0 Å². The number of carbonyl (C=O) groups is 1. The van der Waals surface area contributed by atoms with Crippen LogP contribution in [0.1, 0.15) is 41.6 Å². The number of anilines is 1. The number of hydrogen-bond donors (Lipinski definition) is 4. The molecular weight excluding hydrogens is 532 g/mol. The third-order valence-electron chi connectivity index (χ3n) is 5.34. The number of ether oxygens (including phenoxy) is 1. The standard InChI is InChI=1S/C24H26ClF2N3O6S/c1-13(30-14(2)23(31)15-6-16(26)8-17(27)7-15)12-36-24(32)19-9-22(37(28,33)34)20(25)10-21(19)29-11-18-4-3-5-35-18/h3-10,13-14,23,29-31H,11-12H2,1-2H3,(H2,28,33,34)/t13-,14-,23-/m1/s1. The number of hydrogen-bond acceptors (Lipinski definition) is 8. The van der Waals surface area contributed by atoms with Crippen molar-refractivity contribution in [3.05, 3.63) is 82.3 Å². The highest BCUT2D eigenvalue weighted by Crippen LogP contribution is 2.29. The second kappa shape index (κ2) is 12.0. The van der Waals surface area contributed by atoms with Crippen LogP contribution in [-0.2, 0) is 21.3 Å². The van der Waals surface area contributed by atoms with Gasteiger partial charge in [0.15, 0.2) is 0 Å². The second-order valence-corrected chi connectivity index (χ2v) is 10.3. The molecule has 5 N–H and O–H groups in total. The Bertz CT molecular complexity index is 1330. The molecule has 0 unspecified atom stereocenters. The Hall–Kier alpha value is -3.03. The van der Waals surface area contributed by atoms with Crippen molar-refractivity contribution in [2.45, 2.75) is 43.5 Å². The van der Waals surface area contributed by atoms with Crippen molar-refractivity contribution >= 4 is 33.3 Å². The van der Waals surface area contributed by atoms with Gasteiger partial charge < -0.3 is 24.9 Å². The van der Waals surface area contributed by atoms with E-state index in [0.29, 0.717) is 11.8 Å². The normalized spacial score (nSPS) is 14.1. The number of halogens is 3. The predicted octanol–water partition coefficient (Wildman–Crippen LogP) is 3.73. The van der Waals surface area contributed by atoms with Crippen molar-refractivity contribution < 1.29 is 36.3 Å². The van der Waals surface area contributed by atoms with Crippen molar-refractivity contribution in [3.63, 3.8) is 0 Å². The van der Waals surface area contributed by atoms with Crippen LogP contribution in [0.3, 0.4) is 0 Å². The number of benzene rings is 2. The second-order valence-electron chi connectivity index (χ2n) is 8.41. The number of carbonyl (C=O) groups excluding carboxylic acids is 1. The highest BCUT2D eigenvalue weighted by molar-refractivity contribution is 7.89. The van der Waals surface area contributed by atoms with Crippen molar-refractivity contribution in [2.24, 2.45) is 5.14 Å². The van der Waals surface area contributed by atoms with Crippen LogP contribution < -0.4 is 15.8 Å². The van der Waals surface area contributed by atoms with Crippen LogP contribution in [0, 0.1) is 11.6 Å². The highest BCUT2D eigenvalue weighted by Gasteiger charge is 2.24. The molecule has 1 heterocycles. The van der Waals surface area contributed by atoms with Crippen LogP contribution in [0.15, 0.2) is 58.0 Å². The first-order chi connectivity index (χ1) is 17.3. The van der Waals surface area contributed by atoms with Gasteiger partial charge in [-0.3, -0.25) is 0 Å². The van der Waals surface area contributed by atoms with Crippen LogP contribution >= 0.6 is 11.6 Å². The molecular formula is C24H26ClF2N3O6S. The zero-order chi connectivity index (χ0) is 27.3. The van der Waals surface area contributed by atoms with Crippen LogP contribution in [0.25, 0.3) is 0 Å². The Morgan fingerprint density at radius 2 is 1.86 bits per heavy atom. The molecule has 13 heteroatoms. The van der Waals surface area contributed by atoms with Gasteiger partial charge in [-0.15, -0.1) is 0 Å². The average Bonchev–Trinajstić information content (AvgIpc) is 3.33. The molecule has 0 bridgehead atoms. The summed E-state index contributed by atoms with van der Waals surface area (Å²) in [7, 11) is -4.23. The number of rotatable bonds is 11. The van der Waals surface area contributed by atoms with Crippen molar-refractivity contribution in [1.29, 1.82) is 0 Å². The third-order valence-corrected chi connectivity index (χ3v) is 6.72. The first-order valence-corrected chi connectivity index (χ1v) is 13.0. The number of nitrogens with one attached hydrogen (secondary N) is 2. The lowest BCUT2D eigenvalue weighted by Crippen LogP contribution is -2.41. The first-order valence-electron chi connectivity index (χ1n) is 11.0. The molecule has 0 aliphatic carbocycles. The molecule has 0 spiro atoms. The first kappa shape index (κ1) is 28.5. The average molecular weight is 558 g/mol. The van der Waals surface area contributed by atoms with E-state index in [2.05, 4.69) is 10.6 Å². The van der Waals surface area contributed by atoms with Gasteiger partial charge in [-0.1, -0.05) is 11.6 Å². The van der Waals surface area contributed by atoms with Gasteiger partial charge in [-0.25, -0.2) is 27.1 Å². The fraction of sp³-hybridized carbons (Fsp3) is 0.292. The van der Waals surface area contributed by atoms with Gasteiger partial charge in [0.05, 0.1) is 35.2 Å². The van der Waals surface area contributed by atoms with E-state index in [9.17, 15) is 27.1 Å². The topological polar surface area (TPSA) is 144 Å². The van der Waals surface area contributed by atoms with Crippen molar-refractivity contribution in [3.8, 4) is 0 Å². The van der Waals surface area contributed by atoms with E-state index in [1.54, 1.807) is 26.0 Å². The molecule has 0 aliphatic rings. The maximum Gasteiger partial charge on any atom is 0.340 e. The molecule has 37 heavy (non-hydrogen) atoms. The highest BCUT2D eigenvalue weighted by atomic mass is 35.5. The summed E-state index contributed by atoms with van der Waals surface area (Å²) in [6, 6.07) is 7.24. The van der Waals surface area contributed by atoms with Gasteiger partial charge in [0.1, 0.15) is 28.9 Å². The van der Waals surface area contributed by atoms with Gasteiger partial charge in [-0.2, -0.15) is 0 Å². The van der Waals surface area contributed by atoms with Gasteiger partial charge in [-0.05, 0) is 55.8 Å². The quantitative estimate of drug-likeness (QED) is 0.261. The molecule has 0 saturated heterocycles. The Kier molecular flexibility index (Phi) is 9.26. The maximum absolute atomic E-state index is 13.5. The molecule has 2 aromatic carbocycles. The molecule has 1 aromatic heterocycles. The molecule has 0 amide bonds. The lowest BCUT2D eigenvalue weighted by molar-refractivity contribution is 0.0450. The lowest BCUT2D eigenvalue weighted by atomic mass is 10.0. The van der Waals surface area contributed by atoms with Crippen LogP contribution in [0.4, 0.5) is 14.5 Å². The number of nitrogens with two attached hydrogens (primary N) is 1. The SMILES string of the molecule is C[C@H](COC(=O)c1cc(S(N)(=O)=O)c(Cl)cc1NCc1ccco1)N[C@H](C)[C@@H](O)c1cc(F)cc(F)c1. The lowest BCUT2D eigenvalue weighted by Gasteiger charge is -2.25. The van der Waals surface area contributed by atoms with E-state index < -0.39 is 50.7 Å². The smallest absolute Gasteiger partial charge is 0.340 e. The fourth-order valence-electron chi connectivity index (χ4n) is 3.58. The zero-order valence-corrected chi connectivity index (χ0v) is 21.4. The molecule has 0 radical (unpaired) electrons. The Labute approximate surface area is 217 Å². The Morgan fingerprint density at radius 3 is 2.46 bits per heavy atom. The van der Waals surface area contributed by atoms with E-state index >= 15 is 0 Å². The zero-order valence-electron chi connectivity index (χ0n) is 19.9. The number of primary sulfonamides is 1. The monoisotopic (exact) mass is 557 g/mol. The number of sulfonamides is 1. The van der Waals surface area contributed by atoms with E-state index in [1.807, 2.05) is 0 Å². The van der Waals surface area contributed by atoms with E-state index in [0.717, 1.165) is 18.2 Å². The molecule has 0 saturated carbocycles. The van der Waals surface area contributed by atoms with Gasteiger partial charge in [0, 0.05) is 18.2 Å². The Morgan fingerprint density at radius 1 is 1.19 bits per heavy atom. The largest absolute Gasteiger partial charge is 0.467 e. The minimum atomic E-state index is -4.23. The molecule has 0 aliphatic heterocycles. The molecule has 3 aromatic rings. The van der Waals surface area contributed by atoms with Crippen LogP contribution in [0.2, 0.25) is 5.02 Å². The maximum atomic E-state index is 13.5. The molecule has 3 atom stereocenters. The Balaban J connectivity index is 1.70. The number of furan rings is 1. The summed E-state index contributed by atoms with van der Waals surface area (Å²) in [5, 5.41) is 21.4. The summed E-state index contributed by atoms with van der Waals surface area (Å²) >= 11 is 6.08. The summed E-state index contributed by atoms with van der Waals surface area (Å²) in [4.78, 5) is 12.5. The number of aliphatic hydroxyl groups is 1. The number of esters is 1. The van der Waals surface area contributed by atoms with Gasteiger partial charge in [0.2, 0.25) is 10.0 Å². The van der Waals surface area contributed by atoms with Gasteiger partial charge in [0.25, 0.3) is 0 Å². The van der Waals surface area contributed by atoms with Crippen molar-refractivity contribution in [1.82, 2.24) is 5.32 Å². The summed E-state index contributed by atoms with van der Waals surface area (Å²) in [5.74, 6) is -1.95. The van der Waals surface area contributed by atoms with Crippen molar-refractivity contribution in [2.75, 3.05) is 11.9 Å². The molecule has 9 nitrogen and oxygen atoms in total. The molecule has 200 valence electrons. The number of aliphatic hydroxyl groups excluding tert-OH is 1. The minimum Gasteiger partial charge on any atom is -0.467 e. The third kappa shape index (κ3) is 7.73. The summed E-state index contributed by atoms with van der Waals surface area (Å²) in [5.41, 5.74) is 0.109. The molecule has 0 fully saturated rings. The van der Waals surface area contributed by atoms with Crippen LogP contribution in [0.5, 0.6) is 0 Å². The molecule has 3 rings (SSSR count). The fourth-order valence-corrected chi connectivity index (χ4v) is 4.68.